The average molecular weight is 386 g/mol. The lowest BCUT2D eigenvalue weighted by Crippen LogP contribution is -2.41. The molecule has 1 N–H and O–H groups in total. The standard InChI is InChI=1S/C19H16ClN3O4/c1-10-8-14(22-27-10)23-9-19-7-6-13(26-19)15(16(19)18(23)25)17(24)21-12-4-2-11(20)3-5-12/h2-8,13,15-16H,9H2,1H3,(H,21,24)/t13-,15-,16-,19-/m1/s1. The summed E-state index contributed by atoms with van der Waals surface area (Å²) >= 11 is 5.89. The van der Waals surface area contributed by atoms with Gasteiger partial charge < -0.3 is 14.6 Å². The molecule has 2 bridgehead atoms. The summed E-state index contributed by atoms with van der Waals surface area (Å²) < 4.78 is 11.2. The second kappa shape index (κ2) is 5.68. The van der Waals surface area contributed by atoms with Crippen molar-refractivity contribution >= 4 is 34.9 Å². The van der Waals surface area contributed by atoms with Gasteiger partial charge in [-0.2, -0.15) is 0 Å². The first kappa shape index (κ1) is 16.5. The molecule has 7 nitrogen and oxygen atoms in total. The molecule has 4 heterocycles. The molecule has 2 amide bonds. The first-order valence-electron chi connectivity index (χ1n) is 8.65. The Morgan fingerprint density at radius 3 is 2.85 bits per heavy atom. The predicted molar refractivity (Wildman–Crippen MR) is 97.4 cm³/mol. The molecule has 138 valence electrons. The predicted octanol–water partition coefficient (Wildman–Crippen LogP) is 2.56. The lowest BCUT2D eigenvalue weighted by Gasteiger charge is -2.23. The zero-order valence-electron chi connectivity index (χ0n) is 14.4. The molecule has 0 saturated carbocycles. The van der Waals surface area contributed by atoms with Crippen LogP contribution in [0.1, 0.15) is 5.76 Å². The quantitative estimate of drug-likeness (QED) is 0.821. The number of carbonyl (C=O) groups excluding carboxylic acids is 2. The molecule has 8 heteroatoms. The molecular weight excluding hydrogens is 370 g/mol. The van der Waals surface area contributed by atoms with Crippen molar-refractivity contribution in [2.24, 2.45) is 11.8 Å². The Balaban J connectivity index is 1.43. The van der Waals surface area contributed by atoms with Gasteiger partial charge in [0.2, 0.25) is 11.8 Å². The zero-order valence-corrected chi connectivity index (χ0v) is 15.1. The maximum Gasteiger partial charge on any atom is 0.235 e. The largest absolute Gasteiger partial charge is 0.360 e. The molecule has 1 aromatic carbocycles. The van der Waals surface area contributed by atoms with Crippen LogP contribution in [-0.4, -0.2) is 35.2 Å². The Hall–Kier alpha value is -2.64. The normalized spacial score (nSPS) is 30.8. The number of hydrogen-bond donors (Lipinski definition) is 1. The molecule has 5 rings (SSSR count). The number of halogens is 1. The van der Waals surface area contributed by atoms with Crippen LogP contribution in [0.5, 0.6) is 0 Å². The third kappa shape index (κ3) is 2.42. The van der Waals surface area contributed by atoms with Crippen molar-refractivity contribution in [3.63, 3.8) is 0 Å². The average Bonchev–Trinajstić information content (AvgIpc) is 3.38. The van der Waals surface area contributed by atoms with Gasteiger partial charge in [0, 0.05) is 16.8 Å². The lowest BCUT2D eigenvalue weighted by atomic mass is 9.77. The number of nitrogens with zero attached hydrogens (tertiary/aromatic N) is 2. The van der Waals surface area contributed by atoms with Gasteiger partial charge in [-0.25, -0.2) is 0 Å². The van der Waals surface area contributed by atoms with Gasteiger partial charge in [-0.05, 0) is 31.2 Å². The third-order valence-electron chi connectivity index (χ3n) is 5.41. The number of ether oxygens (including phenoxy) is 1. The summed E-state index contributed by atoms with van der Waals surface area (Å²) in [6.45, 7) is 2.08. The molecule has 0 aliphatic carbocycles. The molecule has 0 radical (unpaired) electrons. The van der Waals surface area contributed by atoms with E-state index in [9.17, 15) is 9.59 Å². The minimum Gasteiger partial charge on any atom is -0.360 e. The van der Waals surface area contributed by atoms with Crippen molar-refractivity contribution in [2.45, 2.75) is 18.6 Å². The number of benzene rings is 1. The summed E-state index contributed by atoms with van der Waals surface area (Å²) in [5, 5.41) is 7.39. The Morgan fingerprint density at radius 2 is 2.15 bits per heavy atom. The lowest BCUT2D eigenvalue weighted by molar-refractivity contribution is -0.128. The number of aryl methyl sites for hydroxylation is 1. The molecular formula is C19H16ClN3O4. The monoisotopic (exact) mass is 385 g/mol. The van der Waals surface area contributed by atoms with Gasteiger partial charge in [0.05, 0.1) is 24.5 Å². The van der Waals surface area contributed by atoms with Crippen molar-refractivity contribution in [3.05, 3.63) is 53.3 Å². The molecule has 1 aromatic heterocycles. The van der Waals surface area contributed by atoms with Gasteiger partial charge in [0.15, 0.2) is 5.82 Å². The Labute approximate surface area is 159 Å². The van der Waals surface area contributed by atoms with Crippen molar-refractivity contribution in [2.75, 3.05) is 16.8 Å². The van der Waals surface area contributed by atoms with E-state index in [0.717, 1.165) is 0 Å². The summed E-state index contributed by atoms with van der Waals surface area (Å²) in [5.74, 6) is -0.548. The van der Waals surface area contributed by atoms with Gasteiger partial charge in [-0.3, -0.25) is 14.5 Å². The Kier molecular flexibility index (Phi) is 3.47. The highest BCUT2D eigenvalue weighted by molar-refractivity contribution is 6.30. The summed E-state index contributed by atoms with van der Waals surface area (Å²) in [7, 11) is 0. The fraction of sp³-hybridized carbons (Fsp3) is 0.316. The van der Waals surface area contributed by atoms with Crippen molar-refractivity contribution in [1.29, 1.82) is 0 Å². The topological polar surface area (TPSA) is 84.7 Å². The second-order valence-corrected chi connectivity index (χ2v) is 7.55. The fourth-order valence-electron chi connectivity index (χ4n) is 4.23. The molecule has 2 saturated heterocycles. The van der Waals surface area contributed by atoms with Gasteiger partial charge in [-0.1, -0.05) is 28.9 Å². The SMILES string of the molecule is Cc1cc(N2C[C@@]34C=C[C@@H](O3)[C@@H](C(=O)Nc3ccc(Cl)cc3)[C@@H]4C2=O)no1. The Bertz CT molecular complexity index is 970. The third-order valence-corrected chi connectivity index (χ3v) is 5.66. The van der Waals surface area contributed by atoms with Crippen LogP contribution in [0.4, 0.5) is 11.5 Å². The highest BCUT2D eigenvalue weighted by Crippen LogP contribution is 2.52. The number of carbonyl (C=O) groups is 2. The van der Waals surface area contributed by atoms with E-state index in [1.54, 1.807) is 37.3 Å². The number of aromatic nitrogens is 1. The van der Waals surface area contributed by atoms with Crippen LogP contribution in [0.2, 0.25) is 5.02 Å². The molecule has 1 spiro atoms. The molecule has 3 aliphatic rings. The zero-order chi connectivity index (χ0) is 18.8. The maximum absolute atomic E-state index is 13.1. The minimum atomic E-state index is -0.795. The number of hydrogen-bond acceptors (Lipinski definition) is 5. The van der Waals surface area contributed by atoms with E-state index in [4.69, 9.17) is 20.9 Å². The van der Waals surface area contributed by atoms with Crippen LogP contribution in [0.3, 0.4) is 0 Å². The first-order valence-corrected chi connectivity index (χ1v) is 9.03. The minimum absolute atomic E-state index is 0.175. The smallest absolute Gasteiger partial charge is 0.235 e. The van der Waals surface area contributed by atoms with E-state index in [-0.39, 0.29) is 11.8 Å². The number of anilines is 2. The van der Waals surface area contributed by atoms with E-state index >= 15 is 0 Å². The fourth-order valence-corrected chi connectivity index (χ4v) is 4.36. The molecule has 27 heavy (non-hydrogen) atoms. The highest BCUT2D eigenvalue weighted by atomic mass is 35.5. The van der Waals surface area contributed by atoms with E-state index in [1.165, 1.54) is 4.90 Å². The van der Waals surface area contributed by atoms with Crippen LogP contribution >= 0.6 is 11.6 Å². The molecule has 0 unspecified atom stereocenters. The van der Waals surface area contributed by atoms with Crippen molar-refractivity contribution in [1.82, 2.24) is 5.16 Å². The van der Waals surface area contributed by atoms with Crippen LogP contribution in [0, 0.1) is 18.8 Å². The number of rotatable bonds is 3. The van der Waals surface area contributed by atoms with Gasteiger partial charge in [-0.15, -0.1) is 0 Å². The maximum atomic E-state index is 13.1. The number of amides is 2. The Morgan fingerprint density at radius 1 is 1.37 bits per heavy atom. The highest BCUT2D eigenvalue weighted by Gasteiger charge is 2.67. The second-order valence-electron chi connectivity index (χ2n) is 7.12. The van der Waals surface area contributed by atoms with Gasteiger partial charge in [0.1, 0.15) is 11.4 Å². The summed E-state index contributed by atoms with van der Waals surface area (Å²) in [4.78, 5) is 27.6. The van der Waals surface area contributed by atoms with E-state index in [1.807, 2.05) is 12.2 Å². The van der Waals surface area contributed by atoms with Gasteiger partial charge >= 0.3 is 0 Å². The summed E-state index contributed by atoms with van der Waals surface area (Å²) in [5.41, 5.74) is -0.170. The number of fused-ring (bicyclic) bond motifs is 1. The molecule has 2 aromatic rings. The van der Waals surface area contributed by atoms with Crippen molar-refractivity contribution in [3.8, 4) is 0 Å². The van der Waals surface area contributed by atoms with E-state index in [2.05, 4.69) is 10.5 Å². The molecule has 2 fully saturated rings. The van der Waals surface area contributed by atoms with Crippen LogP contribution in [0.15, 0.2) is 47.0 Å². The number of nitrogens with one attached hydrogen (secondary N) is 1. The van der Waals surface area contributed by atoms with Crippen LogP contribution in [-0.2, 0) is 14.3 Å². The van der Waals surface area contributed by atoms with E-state index < -0.39 is 23.5 Å². The van der Waals surface area contributed by atoms with Crippen molar-refractivity contribution < 1.29 is 18.8 Å². The van der Waals surface area contributed by atoms with E-state index in [0.29, 0.717) is 28.8 Å². The molecule has 4 atom stereocenters. The summed E-state index contributed by atoms with van der Waals surface area (Å²) in [6, 6.07) is 8.55. The first-order chi connectivity index (χ1) is 13.0. The molecule has 3 aliphatic heterocycles. The van der Waals surface area contributed by atoms with Gasteiger partial charge in [0.25, 0.3) is 0 Å². The van der Waals surface area contributed by atoms with Crippen LogP contribution < -0.4 is 10.2 Å². The summed E-state index contributed by atoms with van der Waals surface area (Å²) in [6.07, 6.45) is 3.36. The van der Waals surface area contributed by atoms with Crippen LogP contribution in [0.25, 0.3) is 0 Å².